The molecule has 0 aliphatic heterocycles. The van der Waals surface area contributed by atoms with Gasteiger partial charge in [0.05, 0.1) is 12.0 Å². The number of aliphatic carboxylic acids is 1. The van der Waals surface area contributed by atoms with Gasteiger partial charge in [-0.2, -0.15) is 0 Å². The van der Waals surface area contributed by atoms with E-state index in [4.69, 9.17) is 14.3 Å². The largest absolute Gasteiger partial charge is 0.488 e. The number of carboxylic acid groups (broad SMARTS) is 1. The summed E-state index contributed by atoms with van der Waals surface area (Å²) in [7, 11) is 0. The smallest absolute Gasteiger partial charge is 0.340 e. The molecule has 2 aromatic carbocycles. The van der Waals surface area contributed by atoms with Gasteiger partial charge in [0.1, 0.15) is 17.9 Å². The van der Waals surface area contributed by atoms with E-state index in [0.29, 0.717) is 23.5 Å². The molecule has 1 aromatic heterocycles. The fourth-order valence-corrected chi connectivity index (χ4v) is 3.01. The monoisotopic (exact) mass is 352 g/mol. The summed E-state index contributed by atoms with van der Waals surface area (Å²) in [6.07, 6.45) is -0.352. The standard InChI is InChI=1S/C21H20O5/c1-12-6-4-5-7-15(12)11-25-18-9-8-16-13(2)17(10-19(22)23)21(24)26-20(16)14(18)3/h4-9H,10-11H2,1-3H3,(H,22,23). The third-order valence-electron chi connectivity index (χ3n) is 4.63. The predicted octanol–water partition coefficient (Wildman–Crippen LogP) is 3.92. The van der Waals surface area contributed by atoms with E-state index in [-0.39, 0.29) is 12.0 Å². The molecule has 0 bridgehead atoms. The molecule has 0 atom stereocenters. The zero-order valence-electron chi connectivity index (χ0n) is 15.0. The highest BCUT2D eigenvalue weighted by molar-refractivity contribution is 5.86. The molecule has 0 fully saturated rings. The normalized spacial score (nSPS) is 10.9. The minimum atomic E-state index is -1.06. The molecule has 0 aliphatic rings. The maximum Gasteiger partial charge on any atom is 0.340 e. The van der Waals surface area contributed by atoms with Gasteiger partial charge in [-0.25, -0.2) is 4.79 Å². The van der Waals surface area contributed by atoms with Crippen LogP contribution in [0.4, 0.5) is 0 Å². The Morgan fingerprint density at radius 3 is 2.50 bits per heavy atom. The Morgan fingerprint density at radius 2 is 1.81 bits per heavy atom. The molecule has 5 nitrogen and oxygen atoms in total. The molecule has 26 heavy (non-hydrogen) atoms. The SMILES string of the molecule is Cc1ccccc1COc1ccc2c(C)c(CC(=O)O)c(=O)oc2c1C. The van der Waals surface area contributed by atoms with E-state index in [2.05, 4.69) is 0 Å². The molecule has 0 spiro atoms. The van der Waals surface area contributed by atoms with Gasteiger partial charge in [-0.05, 0) is 49.6 Å². The molecule has 0 saturated heterocycles. The highest BCUT2D eigenvalue weighted by Gasteiger charge is 2.17. The molecule has 1 N–H and O–H groups in total. The van der Waals surface area contributed by atoms with Gasteiger partial charge >= 0.3 is 11.6 Å². The average Bonchev–Trinajstić information content (AvgIpc) is 2.60. The van der Waals surface area contributed by atoms with Crippen molar-refractivity contribution in [2.75, 3.05) is 0 Å². The minimum absolute atomic E-state index is 0.179. The van der Waals surface area contributed by atoms with Crippen LogP contribution in [0.1, 0.15) is 27.8 Å². The lowest BCUT2D eigenvalue weighted by atomic mass is 10.0. The lowest BCUT2D eigenvalue weighted by molar-refractivity contribution is -0.136. The number of carboxylic acids is 1. The Hall–Kier alpha value is -3.08. The van der Waals surface area contributed by atoms with Crippen molar-refractivity contribution in [2.24, 2.45) is 0 Å². The van der Waals surface area contributed by atoms with Crippen LogP contribution in [0.3, 0.4) is 0 Å². The topological polar surface area (TPSA) is 76.7 Å². The van der Waals surface area contributed by atoms with E-state index in [1.165, 1.54) is 0 Å². The number of ether oxygens (including phenoxy) is 1. The maximum atomic E-state index is 12.2. The summed E-state index contributed by atoms with van der Waals surface area (Å²) in [6.45, 7) is 6.01. The molecule has 0 unspecified atom stereocenters. The number of benzene rings is 2. The summed E-state index contributed by atoms with van der Waals surface area (Å²) in [5.74, 6) is -0.427. The highest BCUT2D eigenvalue weighted by Crippen LogP contribution is 2.30. The van der Waals surface area contributed by atoms with E-state index >= 15 is 0 Å². The maximum absolute atomic E-state index is 12.2. The number of carbonyl (C=O) groups is 1. The second-order valence-corrected chi connectivity index (χ2v) is 6.34. The van der Waals surface area contributed by atoms with Crippen molar-refractivity contribution in [3.05, 3.63) is 74.6 Å². The lowest BCUT2D eigenvalue weighted by Crippen LogP contribution is -2.15. The average molecular weight is 352 g/mol. The second-order valence-electron chi connectivity index (χ2n) is 6.34. The first-order chi connectivity index (χ1) is 12.4. The fraction of sp³-hybridized carbons (Fsp3) is 0.238. The van der Waals surface area contributed by atoms with E-state index in [1.54, 1.807) is 13.0 Å². The van der Waals surface area contributed by atoms with Crippen molar-refractivity contribution in [1.29, 1.82) is 0 Å². The van der Waals surface area contributed by atoms with Crippen LogP contribution < -0.4 is 10.4 Å². The third-order valence-corrected chi connectivity index (χ3v) is 4.63. The Balaban J connectivity index is 1.99. The van der Waals surface area contributed by atoms with Gasteiger partial charge in [-0.3, -0.25) is 4.79 Å². The number of fused-ring (bicyclic) bond motifs is 1. The van der Waals surface area contributed by atoms with Crippen molar-refractivity contribution >= 4 is 16.9 Å². The Labute approximate surface area is 150 Å². The molecule has 0 radical (unpaired) electrons. The minimum Gasteiger partial charge on any atom is -0.488 e. The molecule has 134 valence electrons. The molecule has 0 saturated carbocycles. The zero-order valence-corrected chi connectivity index (χ0v) is 15.0. The first-order valence-electron chi connectivity index (χ1n) is 8.33. The van der Waals surface area contributed by atoms with Crippen LogP contribution in [0, 0.1) is 20.8 Å². The number of hydrogen-bond donors (Lipinski definition) is 1. The van der Waals surface area contributed by atoms with E-state index in [0.717, 1.165) is 22.1 Å². The van der Waals surface area contributed by atoms with Crippen molar-refractivity contribution in [1.82, 2.24) is 0 Å². The van der Waals surface area contributed by atoms with Crippen molar-refractivity contribution < 1.29 is 19.1 Å². The molecule has 5 heteroatoms. The summed E-state index contributed by atoms with van der Waals surface area (Å²) < 4.78 is 11.4. The van der Waals surface area contributed by atoms with Crippen LogP contribution >= 0.6 is 0 Å². The van der Waals surface area contributed by atoms with Crippen molar-refractivity contribution in [2.45, 2.75) is 33.8 Å². The summed E-state index contributed by atoms with van der Waals surface area (Å²) >= 11 is 0. The van der Waals surface area contributed by atoms with Crippen molar-refractivity contribution in [3.63, 3.8) is 0 Å². The lowest BCUT2D eigenvalue weighted by Gasteiger charge is -2.13. The Bertz CT molecular complexity index is 1050. The van der Waals surface area contributed by atoms with Crippen LogP contribution in [0.25, 0.3) is 11.0 Å². The molecule has 0 aliphatic carbocycles. The van der Waals surface area contributed by atoms with Gasteiger partial charge in [0, 0.05) is 10.9 Å². The molecular formula is C21H20O5. The zero-order chi connectivity index (χ0) is 18.8. The van der Waals surface area contributed by atoms with Gasteiger partial charge in [0.25, 0.3) is 0 Å². The molecule has 3 aromatic rings. The van der Waals surface area contributed by atoms with Gasteiger partial charge in [0.15, 0.2) is 0 Å². The molecule has 1 heterocycles. The van der Waals surface area contributed by atoms with Gasteiger partial charge < -0.3 is 14.3 Å². The highest BCUT2D eigenvalue weighted by atomic mass is 16.5. The van der Waals surface area contributed by atoms with E-state index in [1.807, 2.05) is 44.2 Å². The van der Waals surface area contributed by atoms with Crippen LogP contribution in [-0.4, -0.2) is 11.1 Å². The summed E-state index contributed by atoms with van der Waals surface area (Å²) in [5.41, 5.74) is 3.58. The fourth-order valence-electron chi connectivity index (χ4n) is 3.01. The number of hydrogen-bond acceptors (Lipinski definition) is 4. The Morgan fingerprint density at radius 1 is 1.08 bits per heavy atom. The number of rotatable bonds is 5. The van der Waals surface area contributed by atoms with Crippen LogP contribution in [0.15, 0.2) is 45.6 Å². The quantitative estimate of drug-likeness (QED) is 0.704. The summed E-state index contributed by atoms with van der Waals surface area (Å²) in [6, 6.07) is 11.6. The predicted molar refractivity (Wildman–Crippen MR) is 98.8 cm³/mol. The Kier molecular flexibility index (Phi) is 4.80. The summed E-state index contributed by atoms with van der Waals surface area (Å²) in [4.78, 5) is 23.2. The van der Waals surface area contributed by atoms with Gasteiger partial charge in [0.2, 0.25) is 0 Å². The van der Waals surface area contributed by atoms with Crippen molar-refractivity contribution in [3.8, 4) is 5.75 Å². The second kappa shape index (κ2) is 7.04. The third kappa shape index (κ3) is 3.33. The number of aryl methyl sites for hydroxylation is 3. The van der Waals surface area contributed by atoms with Crippen LogP contribution in [-0.2, 0) is 17.8 Å². The van der Waals surface area contributed by atoms with Gasteiger partial charge in [-0.15, -0.1) is 0 Å². The van der Waals surface area contributed by atoms with E-state index in [9.17, 15) is 9.59 Å². The molecule has 3 rings (SSSR count). The first-order valence-corrected chi connectivity index (χ1v) is 8.33. The van der Waals surface area contributed by atoms with Crippen LogP contribution in [0.5, 0.6) is 5.75 Å². The van der Waals surface area contributed by atoms with E-state index < -0.39 is 11.6 Å². The molecule has 0 amide bonds. The first kappa shape index (κ1) is 17.7. The summed E-state index contributed by atoms with van der Waals surface area (Å²) in [5, 5.41) is 9.71. The van der Waals surface area contributed by atoms with Gasteiger partial charge in [-0.1, -0.05) is 24.3 Å². The molecular weight excluding hydrogens is 332 g/mol. The van der Waals surface area contributed by atoms with Crippen LogP contribution in [0.2, 0.25) is 0 Å².